The van der Waals surface area contributed by atoms with Gasteiger partial charge in [0, 0.05) is 19.3 Å². The van der Waals surface area contributed by atoms with E-state index in [0.717, 1.165) is 31.6 Å². The van der Waals surface area contributed by atoms with Crippen LogP contribution < -0.4 is 11.5 Å². The number of nitrogens with two attached hydrogens (primary N) is 2. The van der Waals surface area contributed by atoms with Crippen LogP contribution >= 0.6 is 11.8 Å². The van der Waals surface area contributed by atoms with Crippen molar-refractivity contribution in [1.29, 1.82) is 10.7 Å². The second-order valence-corrected chi connectivity index (χ2v) is 4.40. The van der Waals surface area contributed by atoms with E-state index in [1.807, 2.05) is 0 Å². The second-order valence-electron chi connectivity index (χ2n) is 3.26. The summed E-state index contributed by atoms with van der Waals surface area (Å²) in [6.45, 7) is 0.780. The van der Waals surface area contributed by atoms with Crippen LogP contribution in [-0.4, -0.2) is 35.4 Å². The van der Waals surface area contributed by atoms with E-state index < -0.39 is 0 Å². The molecule has 0 aliphatic rings. The van der Waals surface area contributed by atoms with Gasteiger partial charge >= 0.3 is 0 Å². The zero-order valence-electron chi connectivity index (χ0n) is 9.44. The molecule has 0 heterocycles. The summed E-state index contributed by atoms with van der Waals surface area (Å²) in [7, 11) is 1.81. The normalized spacial score (nSPS) is 10.9. The Hall–Kier alpha value is -1.42. The summed E-state index contributed by atoms with van der Waals surface area (Å²) in [6.07, 6.45) is 4.70. The first-order valence-corrected chi connectivity index (χ1v) is 5.96. The van der Waals surface area contributed by atoms with Gasteiger partial charge in [-0.15, -0.1) is 4.99 Å². The Morgan fingerprint density at radius 2 is 2.12 bits per heavy atom. The molecule has 5 N–H and O–H groups in total. The summed E-state index contributed by atoms with van der Waals surface area (Å²) in [5.41, 5.74) is 10.7. The molecule has 0 spiro atoms. The molecule has 0 aliphatic heterocycles. The Bertz CT molecular complexity index is 282. The lowest BCUT2D eigenvalue weighted by molar-refractivity contribution is 0.472. The Morgan fingerprint density at radius 1 is 1.44 bits per heavy atom. The predicted octanol–water partition coefficient (Wildman–Crippen LogP) is 0.511. The van der Waals surface area contributed by atoms with Gasteiger partial charge in [0.05, 0.1) is 0 Å². The van der Waals surface area contributed by atoms with Gasteiger partial charge in [-0.05, 0) is 12.8 Å². The van der Waals surface area contributed by atoms with Crippen molar-refractivity contribution in [2.24, 2.45) is 16.5 Å². The van der Waals surface area contributed by atoms with Crippen LogP contribution in [0, 0.1) is 16.9 Å². The number of aliphatic imine (C=N–C) groups is 1. The van der Waals surface area contributed by atoms with Gasteiger partial charge in [0.25, 0.3) is 0 Å². The molecule has 7 heteroatoms. The third-order valence-electron chi connectivity index (χ3n) is 1.95. The molecule has 0 amide bonds. The summed E-state index contributed by atoms with van der Waals surface area (Å²) in [5.74, 6) is 1.13. The highest BCUT2D eigenvalue weighted by molar-refractivity contribution is 8.13. The number of nitrogens with one attached hydrogen (secondary N) is 1. The van der Waals surface area contributed by atoms with Crippen molar-refractivity contribution in [2.75, 3.05) is 19.3 Å². The highest BCUT2D eigenvalue weighted by Gasteiger charge is 2.00. The average Bonchev–Trinajstić information content (AvgIpc) is 2.22. The third-order valence-corrected chi connectivity index (χ3v) is 2.75. The van der Waals surface area contributed by atoms with Crippen molar-refractivity contribution in [2.45, 2.75) is 19.3 Å². The molecule has 0 saturated heterocycles. The number of amidine groups is 1. The number of nitriles is 1. The van der Waals surface area contributed by atoms with Gasteiger partial charge in [0.2, 0.25) is 12.2 Å². The molecule has 0 saturated carbocycles. The van der Waals surface area contributed by atoms with Crippen molar-refractivity contribution >= 4 is 22.9 Å². The van der Waals surface area contributed by atoms with Crippen molar-refractivity contribution < 1.29 is 0 Å². The van der Waals surface area contributed by atoms with Gasteiger partial charge in [-0.1, -0.05) is 18.2 Å². The van der Waals surface area contributed by atoms with Crippen LogP contribution in [0.25, 0.3) is 0 Å². The van der Waals surface area contributed by atoms with E-state index in [1.54, 1.807) is 18.1 Å². The minimum atomic E-state index is 0.169. The Balaban J connectivity index is 3.49. The van der Waals surface area contributed by atoms with Crippen molar-refractivity contribution in [1.82, 2.24) is 4.90 Å². The number of nitrogens with zero attached hydrogens (tertiary/aromatic N) is 3. The number of guanidine groups is 1. The average molecular weight is 242 g/mol. The molecule has 16 heavy (non-hydrogen) atoms. The fourth-order valence-electron chi connectivity index (χ4n) is 1.06. The monoisotopic (exact) mass is 242 g/mol. The molecule has 90 valence electrons. The molecular formula is C9H18N6S. The van der Waals surface area contributed by atoms with Gasteiger partial charge in [0.1, 0.15) is 0 Å². The summed E-state index contributed by atoms with van der Waals surface area (Å²) >= 11 is 1.36. The standard InChI is InChI=1S/C9H18N6S/c1-15(9(13)14-7-10)5-3-2-4-6-16-8(11)12/h2-6H2,1H3,(H3,11,12)(H2,13,14). The molecule has 6 nitrogen and oxygen atoms in total. The molecule has 0 bridgehead atoms. The second kappa shape index (κ2) is 8.85. The van der Waals surface area contributed by atoms with Crippen molar-refractivity contribution in [3.05, 3.63) is 0 Å². The first-order chi connectivity index (χ1) is 7.57. The molecular weight excluding hydrogens is 224 g/mol. The Kier molecular flexibility index (Phi) is 8.07. The topological polar surface area (TPSA) is 115 Å². The lowest BCUT2D eigenvalue weighted by Gasteiger charge is -2.16. The molecule has 0 aromatic carbocycles. The van der Waals surface area contributed by atoms with Gasteiger partial charge in [0.15, 0.2) is 5.17 Å². The highest BCUT2D eigenvalue weighted by atomic mass is 32.2. The first-order valence-electron chi connectivity index (χ1n) is 4.98. The van der Waals surface area contributed by atoms with Gasteiger partial charge < -0.3 is 16.4 Å². The predicted molar refractivity (Wildman–Crippen MR) is 68.1 cm³/mol. The number of hydrogen-bond donors (Lipinski definition) is 3. The maximum absolute atomic E-state index is 8.30. The van der Waals surface area contributed by atoms with E-state index in [-0.39, 0.29) is 11.1 Å². The first kappa shape index (κ1) is 14.6. The van der Waals surface area contributed by atoms with E-state index in [0.29, 0.717) is 0 Å². The van der Waals surface area contributed by atoms with E-state index in [2.05, 4.69) is 4.99 Å². The van der Waals surface area contributed by atoms with Crippen LogP contribution in [0.2, 0.25) is 0 Å². The quantitative estimate of drug-likeness (QED) is 0.272. The molecule has 0 aromatic heterocycles. The molecule has 0 unspecified atom stereocenters. The van der Waals surface area contributed by atoms with Crippen molar-refractivity contribution in [3.8, 4) is 6.19 Å². The largest absolute Gasteiger partial charge is 0.379 e. The van der Waals surface area contributed by atoms with Crippen LogP contribution in [0.15, 0.2) is 4.99 Å². The molecule has 0 aliphatic carbocycles. The maximum Gasteiger partial charge on any atom is 0.209 e. The number of unbranched alkanes of at least 4 members (excludes halogenated alkanes) is 2. The van der Waals surface area contributed by atoms with Crippen LogP contribution in [0.1, 0.15) is 19.3 Å². The summed E-state index contributed by atoms with van der Waals surface area (Å²) in [5, 5.41) is 15.5. The zero-order valence-corrected chi connectivity index (χ0v) is 10.3. The van der Waals surface area contributed by atoms with Crippen molar-refractivity contribution in [3.63, 3.8) is 0 Å². The van der Waals surface area contributed by atoms with Crippen LogP contribution in [0.4, 0.5) is 0 Å². The van der Waals surface area contributed by atoms with Gasteiger partial charge in [-0.2, -0.15) is 5.26 Å². The van der Waals surface area contributed by atoms with E-state index in [1.165, 1.54) is 11.8 Å². The zero-order chi connectivity index (χ0) is 12.4. The van der Waals surface area contributed by atoms with E-state index >= 15 is 0 Å². The third kappa shape index (κ3) is 7.94. The van der Waals surface area contributed by atoms with Gasteiger partial charge in [-0.25, -0.2) is 0 Å². The SMILES string of the molecule is CN(CCCCCSC(=N)N)C(N)=NC#N. The van der Waals surface area contributed by atoms with E-state index in [4.69, 9.17) is 22.1 Å². The Morgan fingerprint density at radius 3 is 2.69 bits per heavy atom. The lowest BCUT2D eigenvalue weighted by atomic mass is 10.2. The van der Waals surface area contributed by atoms with Crippen LogP contribution in [0.5, 0.6) is 0 Å². The maximum atomic E-state index is 8.30. The molecule has 0 fully saturated rings. The summed E-state index contributed by atoms with van der Waals surface area (Å²) in [6, 6.07) is 0. The molecule has 0 aromatic rings. The van der Waals surface area contributed by atoms with Gasteiger partial charge in [-0.3, -0.25) is 5.41 Å². The highest BCUT2D eigenvalue weighted by Crippen LogP contribution is 2.05. The summed E-state index contributed by atoms with van der Waals surface area (Å²) < 4.78 is 0. The minimum absolute atomic E-state index is 0.169. The molecule has 0 atom stereocenters. The Labute approximate surface area is 100 Å². The number of thioether (sulfide) groups is 1. The minimum Gasteiger partial charge on any atom is -0.379 e. The van der Waals surface area contributed by atoms with Crippen LogP contribution in [0.3, 0.4) is 0 Å². The fourth-order valence-corrected chi connectivity index (χ4v) is 1.63. The summed E-state index contributed by atoms with van der Waals surface area (Å²) in [4.78, 5) is 5.19. The fraction of sp³-hybridized carbons (Fsp3) is 0.667. The number of rotatable bonds is 6. The number of hydrogen-bond acceptors (Lipinski definition) is 4. The lowest BCUT2D eigenvalue weighted by Crippen LogP contribution is -2.34. The van der Waals surface area contributed by atoms with E-state index in [9.17, 15) is 0 Å². The smallest absolute Gasteiger partial charge is 0.209 e. The molecule has 0 radical (unpaired) electrons. The molecule has 0 rings (SSSR count). The van der Waals surface area contributed by atoms with Crippen LogP contribution in [-0.2, 0) is 0 Å².